The van der Waals surface area contributed by atoms with Crippen LogP contribution in [0.2, 0.25) is 0 Å². The Morgan fingerprint density at radius 3 is 2.75 bits per heavy atom. The van der Waals surface area contributed by atoms with E-state index in [1.807, 2.05) is 45.0 Å². The van der Waals surface area contributed by atoms with E-state index in [0.29, 0.717) is 6.54 Å². The first-order valence-electron chi connectivity index (χ1n) is 8.84. The number of aliphatic hydroxyl groups excluding tert-OH is 1. The van der Waals surface area contributed by atoms with E-state index in [1.54, 1.807) is 0 Å². The summed E-state index contributed by atoms with van der Waals surface area (Å²) in [7, 11) is 0. The van der Waals surface area contributed by atoms with E-state index in [2.05, 4.69) is 10.2 Å². The van der Waals surface area contributed by atoms with Crippen LogP contribution in [0.3, 0.4) is 0 Å². The van der Waals surface area contributed by atoms with E-state index in [1.165, 1.54) is 5.56 Å². The SMILES string of the molecule is Cc1ccc(OCC(O)CN2CCCC(NC(=O)C(C)C)C2)cc1. The fourth-order valence-corrected chi connectivity index (χ4v) is 2.88. The van der Waals surface area contributed by atoms with E-state index >= 15 is 0 Å². The van der Waals surface area contributed by atoms with Crippen molar-refractivity contribution >= 4 is 5.91 Å². The maximum atomic E-state index is 11.8. The molecule has 1 amide bonds. The van der Waals surface area contributed by atoms with Crippen molar-refractivity contribution in [2.45, 2.75) is 45.8 Å². The average Bonchev–Trinajstić information content (AvgIpc) is 2.54. The van der Waals surface area contributed by atoms with Crippen molar-refractivity contribution in [3.05, 3.63) is 29.8 Å². The van der Waals surface area contributed by atoms with Gasteiger partial charge in [-0.3, -0.25) is 9.69 Å². The normalized spacial score (nSPS) is 20.0. The molecule has 2 unspecified atom stereocenters. The molecular weight excluding hydrogens is 304 g/mol. The number of β-amino-alcohol motifs (C(OH)–C–C–N with tert-alkyl or cyclic N) is 1. The van der Waals surface area contributed by atoms with Crippen LogP contribution in [0, 0.1) is 12.8 Å². The lowest BCUT2D eigenvalue weighted by Crippen LogP contribution is -2.50. The van der Waals surface area contributed by atoms with Gasteiger partial charge in [0.05, 0.1) is 0 Å². The number of aryl methyl sites for hydroxylation is 1. The molecule has 2 N–H and O–H groups in total. The molecule has 5 nitrogen and oxygen atoms in total. The highest BCUT2D eigenvalue weighted by molar-refractivity contribution is 5.78. The van der Waals surface area contributed by atoms with Crippen molar-refractivity contribution in [1.82, 2.24) is 10.2 Å². The fourth-order valence-electron chi connectivity index (χ4n) is 2.88. The summed E-state index contributed by atoms with van der Waals surface area (Å²) in [6, 6.07) is 8.00. The summed E-state index contributed by atoms with van der Waals surface area (Å²) in [5.41, 5.74) is 1.19. The molecule has 0 aromatic heterocycles. The summed E-state index contributed by atoms with van der Waals surface area (Å²) in [6.07, 6.45) is 1.50. The highest BCUT2D eigenvalue weighted by Crippen LogP contribution is 2.14. The number of ether oxygens (including phenoxy) is 1. The summed E-state index contributed by atoms with van der Waals surface area (Å²) in [5, 5.41) is 13.3. The number of amides is 1. The van der Waals surface area contributed by atoms with Crippen LogP contribution in [0.15, 0.2) is 24.3 Å². The van der Waals surface area contributed by atoms with Crippen molar-refractivity contribution in [3.8, 4) is 5.75 Å². The molecule has 1 fully saturated rings. The van der Waals surface area contributed by atoms with Crippen LogP contribution in [0.1, 0.15) is 32.3 Å². The minimum atomic E-state index is -0.536. The second kappa shape index (κ2) is 9.04. The highest BCUT2D eigenvalue weighted by atomic mass is 16.5. The van der Waals surface area contributed by atoms with Gasteiger partial charge in [0.2, 0.25) is 5.91 Å². The topological polar surface area (TPSA) is 61.8 Å². The second-order valence-corrected chi connectivity index (χ2v) is 7.04. The fraction of sp³-hybridized carbons (Fsp3) is 0.632. The van der Waals surface area contributed by atoms with Gasteiger partial charge in [-0.25, -0.2) is 0 Å². The summed E-state index contributed by atoms with van der Waals surface area (Å²) in [6.45, 7) is 8.44. The summed E-state index contributed by atoms with van der Waals surface area (Å²) in [4.78, 5) is 14.0. The number of nitrogens with zero attached hydrogens (tertiary/aromatic N) is 1. The van der Waals surface area contributed by atoms with Gasteiger partial charge in [0.25, 0.3) is 0 Å². The van der Waals surface area contributed by atoms with Crippen LogP contribution in [-0.4, -0.2) is 54.3 Å². The van der Waals surface area contributed by atoms with Crippen LogP contribution in [0.5, 0.6) is 5.75 Å². The van der Waals surface area contributed by atoms with Gasteiger partial charge >= 0.3 is 0 Å². The number of aliphatic hydroxyl groups is 1. The zero-order valence-electron chi connectivity index (χ0n) is 15.0. The zero-order chi connectivity index (χ0) is 17.5. The Bertz CT molecular complexity index is 516. The number of carbonyl (C=O) groups is 1. The first kappa shape index (κ1) is 18.7. The van der Waals surface area contributed by atoms with Gasteiger partial charge in [0.1, 0.15) is 18.5 Å². The minimum Gasteiger partial charge on any atom is -0.491 e. The number of rotatable bonds is 7. The predicted molar refractivity (Wildman–Crippen MR) is 95.1 cm³/mol. The van der Waals surface area contributed by atoms with Gasteiger partial charge in [-0.2, -0.15) is 0 Å². The molecule has 1 aromatic rings. The van der Waals surface area contributed by atoms with E-state index < -0.39 is 6.10 Å². The van der Waals surface area contributed by atoms with Crippen molar-refractivity contribution in [1.29, 1.82) is 0 Å². The molecule has 0 spiro atoms. The predicted octanol–water partition coefficient (Wildman–Crippen LogP) is 1.97. The van der Waals surface area contributed by atoms with Gasteiger partial charge in [-0.15, -0.1) is 0 Å². The van der Waals surface area contributed by atoms with Crippen LogP contribution in [0.25, 0.3) is 0 Å². The Morgan fingerprint density at radius 2 is 2.08 bits per heavy atom. The lowest BCUT2D eigenvalue weighted by atomic mass is 10.0. The quantitative estimate of drug-likeness (QED) is 0.800. The molecule has 24 heavy (non-hydrogen) atoms. The maximum Gasteiger partial charge on any atom is 0.222 e. The largest absolute Gasteiger partial charge is 0.491 e. The van der Waals surface area contributed by atoms with E-state index in [0.717, 1.165) is 31.7 Å². The lowest BCUT2D eigenvalue weighted by molar-refractivity contribution is -0.125. The molecule has 5 heteroatoms. The zero-order valence-corrected chi connectivity index (χ0v) is 15.0. The highest BCUT2D eigenvalue weighted by Gasteiger charge is 2.23. The van der Waals surface area contributed by atoms with Gasteiger partial charge < -0.3 is 15.2 Å². The third-order valence-corrected chi connectivity index (χ3v) is 4.31. The molecule has 134 valence electrons. The molecule has 1 aromatic carbocycles. The molecule has 1 aliphatic heterocycles. The minimum absolute atomic E-state index is 0.00822. The van der Waals surface area contributed by atoms with E-state index in [9.17, 15) is 9.90 Å². The van der Waals surface area contributed by atoms with E-state index in [4.69, 9.17) is 4.74 Å². The van der Waals surface area contributed by atoms with Crippen molar-refractivity contribution in [2.75, 3.05) is 26.2 Å². The summed E-state index contributed by atoms with van der Waals surface area (Å²) < 4.78 is 5.64. The number of hydrogen-bond acceptors (Lipinski definition) is 4. The Hall–Kier alpha value is -1.59. The molecular formula is C19H30N2O3. The van der Waals surface area contributed by atoms with Crippen molar-refractivity contribution < 1.29 is 14.6 Å². The first-order valence-corrected chi connectivity index (χ1v) is 8.84. The van der Waals surface area contributed by atoms with Crippen LogP contribution in [-0.2, 0) is 4.79 Å². The van der Waals surface area contributed by atoms with Gasteiger partial charge in [0, 0.05) is 25.0 Å². The van der Waals surface area contributed by atoms with Crippen LogP contribution < -0.4 is 10.1 Å². The van der Waals surface area contributed by atoms with Gasteiger partial charge in [0.15, 0.2) is 0 Å². The molecule has 1 saturated heterocycles. The Morgan fingerprint density at radius 1 is 1.38 bits per heavy atom. The molecule has 2 atom stereocenters. The van der Waals surface area contributed by atoms with E-state index in [-0.39, 0.29) is 24.5 Å². The smallest absolute Gasteiger partial charge is 0.222 e. The average molecular weight is 334 g/mol. The first-order chi connectivity index (χ1) is 11.4. The molecule has 0 bridgehead atoms. The third kappa shape index (κ3) is 6.13. The Kier molecular flexibility index (Phi) is 7.06. The molecule has 1 aliphatic rings. The number of benzene rings is 1. The number of carbonyl (C=O) groups excluding carboxylic acids is 1. The van der Waals surface area contributed by atoms with Gasteiger partial charge in [-0.1, -0.05) is 31.5 Å². The lowest BCUT2D eigenvalue weighted by Gasteiger charge is -2.34. The summed E-state index contributed by atoms with van der Waals surface area (Å²) in [5.74, 6) is 0.888. The van der Waals surface area contributed by atoms with Gasteiger partial charge in [-0.05, 0) is 38.4 Å². The molecule has 1 heterocycles. The number of hydrogen-bond donors (Lipinski definition) is 2. The standard InChI is InChI=1S/C19H30N2O3/c1-14(2)19(23)20-16-5-4-10-21(11-16)12-17(22)13-24-18-8-6-15(3)7-9-18/h6-9,14,16-17,22H,4-5,10-13H2,1-3H3,(H,20,23). The number of piperidine rings is 1. The summed E-state index contributed by atoms with van der Waals surface area (Å²) >= 11 is 0. The monoisotopic (exact) mass is 334 g/mol. The maximum absolute atomic E-state index is 11.8. The third-order valence-electron chi connectivity index (χ3n) is 4.31. The number of nitrogens with one attached hydrogen (secondary N) is 1. The molecule has 0 saturated carbocycles. The Balaban J connectivity index is 1.73. The second-order valence-electron chi connectivity index (χ2n) is 7.04. The molecule has 0 radical (unpaired) electrons. The molecule has 0 aliphatic carbocycles. The van der Waals surface area contributed by atoms with Crippen molar-refractivity contribution in [3.63, 3.8) is 0 Å². The van der Waals surface area contributed by atoms with Crippen LogP contribution in [0.4, 0.5) is 0 Å². The number of likely N-dealkylation sites (tertiary alicyclic amines) is 1. The Labute approximate surface area is 145 Å². The van der Waals surface area contributed by atoms with Crippen LogP contribution >= 0.6 is 0 Å². The van der Waals surface area contributed by atoms with Crippen molar-refractivity contribution in [2.24, 2.45) is 5.92 Å². The molecule has 2 rings (SSSR count).